The topological polar surface area (TPSA) is 38.2 Å². The summed E-state index contributed by atoms with van der Waals surface area (Å²) in [6.07, 6.45) is 0. The highest BCUT2D eigenvalue weighted by Gasteiger charge is 2.09. The normalized spacial score (nSPS) is 11.0. The highest BCUT2D eigenvalue weighted by Crippen LogP contribution is 2.15. The predicted molar refractivity (Wildman–Crippen MR) is 78.7 cm³/mol. The lowest BCUT2D eigenvalue weighted by Gasteiger charge is -2.18. The van der Waals surface area contributed by atoms with Crippen LogP contribution in [0.1, 0.15) is 31.2 Å². The third-order valence-corrected chi connectivity index (χ3v) is 2.91. The van der Waals surface area contributed by atoms with E-state index in [-0.39, 0.29) is 0 Å². The predicted octanol–water partition coefficient (Wildman–Crippen LogP) is 2.76. The van der Waals surface area contributed by atoms with Crippen LogP contribution in [-0.4, -0.2) is 42.1 Å². The minimum absolute atomic E-state index is 0.420. The molecule has 4 nitrogen and oxygen atoms in total. The van der Waals surface area contributed by atoms with Crippen LogP contribution in [0.15, 0.2) is 6.07 Å². The Morgan fingerprint density at radius 2 is 2.06 bits per heavy atom. The van der Waals surface area contributed by atoms with Gasteiger partial charge in [0.25, 0.3) is 0 Å². The van der Waals surface area contributed by atoms with E-state index in [2.05, 4.69) is 39.7 Å². The zero-order valence-electron chi connectivity index (χ0n) is 11.6. The second kappa shape index (κ2) is 7.69. The van der Waals surface area contributed by atoms with Gasteiger partial charge in [-0.15, -0.1) is 0 Å². The SMILES string of the molecule is Cc1cc(C(C)C)nc(N(C)CCOCCBr)n1. The maximum absolute atomic E-state index is 5.44. The van der Waals surface area contributed by atoms with Gasteiger partial charge in [0.05, 0.1) is 13.2 Å². The van der Waals surface area contributed by atoms with E-state index >= 15 is 0 Å². The maximum atomic E-state index is 5.44. The van der Waals surface area contributed by atoms with Crippen molar-refractivity contribution in [2.45, 2.75) is 26.7 Å². The van der Waals surface area contributed by atoms with Crippen LogP contribution < -0.4 is 4.90 Å². The van der Waals surface area contributed by atoms with Crippen LogP contribution >= 0.6 is 15.9 Å². The number of likely N-dealkylation sites (N-methyl/N-ethyl adjacent to an activating group) is 1. The molecule has 5 heteroatoms. The first-order chi connectivity index (χ1) is 8.54. The van der Waals surface area contributed by atoms with Crippen molar-refractivity contribution in [1.82, 2.24) is 9.97 Å². The van der Waals surface area contributed by atoms with E-state index in [1.165, 1.54) is 0 Å². The Labute approximate surface area is 118 Å². The number of halogens is 1. The van der Waals surface area contributed by atoms with E-state index in [9.17, 15) is 0 Å². The van der Waals surface area contributed by atoms with Gasteiger partial charge in [-0.1, -0.05) is 29.8 Å². The lowest BCUT2D eigenvalue weighted by Crippen LogP contribution is -2.25. The van der Waals surface area contributed by atoms with E-state index < -0.39 is 0 Å². The van der Waals surface area contributed by atoms with E-state index in [0.29, 0.717) is 12.5 Å². The minimum atomic E-state index is 0.420. The Morgan fingerprint density at radius 3 is 2.67 bits per heavy atom. The van der Waals surface area contributed by atoms with Crippen molar-refractivity contribution >= 4 is 21.9 Å². The molecule has 1 heterocycles. The van der Waals surface area contributed by atoms with Gasteiger partial charge in [-0.3, -0.25) is 0 Å². The van der Waals surface area contributed by atoms with Gasteiger partial charge in [-0.2, -0.15) is 0 Å². The number of hydrogen-bond donors (Lipinski definition) is 0. The standard InChI is InChI=1S/C13H22BrN3O/c1-10(2)12-9-11(3)15-13(16-12)17(4)6-8-18-7-5-14/h9-10H,5-8H2,1-4H3. The molecule has 0 fully saturated rings. The molecule has 0 aliphatic heterocycles. The van der Waals surface area contributed by atoms with Crippen molar-refractivity contribution in [3.63, 3.8) is 0 Å². The summed E-state index contributed by atoms with van der Waals surface area (Å²) in [7, 11) is 2.00. The van der Waals surface area contributed by atoms with Crippen LogP contribution in [0.4, 0.5) is 5.95 Å². The van der Waals surface area contributed by atoms with E-state index in [1.807, 2.05) is 24.9 Å². The molecule has 0 saturated heterocycles. The zero-order valence-corrected chi connectivity index (χ0v) is 13.2. The average Bonchev–Trinajstić information content (AvgIpc) is 2.33. The number of aromatic nitrogens is 2. The van der Waals surface area contributed by atoms with Crippen LogP contribution in [0.25, 0.3) is 0 Å². The fraction of sp³-hybridized carbons (Fsp3) is 0.692. The average molecular weight is 316 g/mol. The van der Waals surface area contributed by atoms with Crippen LogP contribution in [0.5, 0.6) is 0 Å². The summed E-state index contributed by atoms with van der Waals surface area (Å²) in [5.74, 6) is 1.20. The van der Waals surface area contributed by atoms with Crippen molar-refractivity contribution in [1.29, 1.82) is 0 Å². The molecule has 0 atom stereocenters. The molecule has 0 saturated carbocycles. The number of aryl methyl sites for hydroxylation is 1. The highest BCUT2D eigenvalue weighted by molar-refractivity contribution is 9.09. The third-order valence-electron chi connectivity index (χ3n) is 2.59. The molecular formula is C13H22BrN3O. The van der Waals surface area contributed by atoms with E-state index in [1.54, 1.807) is 0 Å². The molecule has 1 aromatic heterocycles. The van der Waals surface area contributed by atoms with Gasteiger partial charge in [0.1, 0.15) is 0 Å². The molecule has 102 valence electrons. The van der Waals surface area contributed by atoms with Crippen LogP contribution in [0, 0.1) is 6.92 Å². The molecular weight excluding hydrogens is 294 g/mol. The largest absolute Gasteiger partial charge is 0.379 e. The summed E-state index contributed by atoms with van der Waals surface area (Å²) in [4.78, 5) is 11.1. The number of nitrogens with zero attached hydrogens (tertiary/aromatic N) is 3. The molecule has 18 heavy (non-hydrogen) atoms. The first-order valence-corrected chi connectivity index (χ1v) is 7.37. The van der Waals surface area contributed by atoms with Crippen molar-refractivity contribution < 1.29 is 4.74 Å². The molecule has 0 aliphatic carbocycles. The lowest BCUT2D eigenvalue weighted by molar-refractivity contribution is 0.157. The summed E-state index contributed by atoms with van der Waals surface area (Å²) < 4.78 is 5.44. The van der Waals surface area contributed by atoms with Crippen molar-refractivity contribution in [3.8, 4) is 0 Å². The summed E-state index contributed by atoms with van der Waals surface area (Å²) in [6.45, 7) is 8.52. The van der Waals surface area contributed by atoms with Crippen molar-refractivity contribution in [2.75, 3.05) is 37.0 Å². The highest BCUT2D eigenvalue weighted by atomic mass is 79.9. The number of alkyl halides is 1. The molecule has 0 N–H and O–H groups in total. The van der Waals surface area contributed by atoms with E-state index in [0.717, 1.165) is 35.8 Å². The zero-order chi connectivity index (χ0) is 13.5. The van der Waals surface area contributed by atoms with Gasteiger partial charge in [0.2, 0.25) is 5.95 Å². The summed E-state index contributed by atoms with van der Waals surface area (Å²) in [5, 5.41) is 0.870. The summed E-state index contributed by atoms with van der Waals surface area (Å²) in [6, 6.07) is 2.04. The Balaban J connectivity index is 2.64. The molecule has 0 radical (unpaired) electrons. The Hall–Kier alpha value is -0.680. The molecule has 1 rings (SSSR count). The maximum Gasteiger partial charge on any atom is 0.225 e. The lowest BCUT2D eigenvalue weighted by atomic mass is 10.1. The molecule has 0 aliphatic rings. The van der Waals surface area contributed by atoms with Gasteiger partial charge >= 0.3 is 0 Å². The number of anilines is 1. The monoisotopic (exact) mass is 315 g/mol. The van der Waals surface area contributed by atoms with Gasteiger partial charge in [-0.05, 0) is 18.9 Å². The second-order valence-electron chi connectivity index (χ2n) is 4.61. The summed E-state index contributed by atoms with van der Waals surface area (Å²) in [5.41, 5.74) is 2.10. The van der Waals surface area contributed by atoms with Gasteiger partial charge in [-0.25, -0.2) is 9.97 Å². The van der Waals surface area contributed by atoms with E-state index in [4.69, 9.17) is 4.74 Å². The van der Waals surface area contributed by atoms with Gasteiger partial charge < -0.3 is 9.64 Å². The van der Waals surface area contributed by atoms with Gasteiger partial charge in [0, 0.05) is 30.3 Å². The molecule has 0 amide bonds. The first kappa shape index (κ1) is 15.4. The number of ether oxygens (including phenoxy) is 1. The molecule has 0 unspecified atom stereocenters. The van der Waals surface area contributed by atoms with Crippen molar-refractivity contribution in [3.05, 3.63) is 17.5 Å². The molecule has 1 aromatic rings. The quantitative estimate of drug-likeness (QED) is 0.573. The van der Waals surface area contributed by atoms with Crippen LogP contribution in [0.3, 0.4) is 0 Å². The molecule has 0 aromatic carbocycles. The number of hydrogen-bond acceptors (Lipinski definition) is 4. The summed E-state index contributed by atoms with van der Waals surface area (Å²) >= 11 is 3.33. The second-order valence-corrected chi connectivity index (χ2v) is 5.40. The Morgan fingerprint density at radius 1 is 1.33 bits per heavy atom. The van der Waals surface area contributed by atoms with Crippen LogP contribution in [-0.2, 0) is 4.74 Å². The fourth-order valence-electron chi connectivity index (χ4n) is 1.50. The molecule has 0 spiro atoms. The van der Waals surface area contributed by atoms with Crippen LogP contribution in [0.2, 0.25) is 0 Å². The smallest absolute Gasteiger partial charge is 0.225 e. The minimum Gasteiger partial charge on any atom is -0.379 e. The Bertz CT molecular complexity index is 371. The van der Waals surface area contributed by atoms with Crippen molar-refractivity contribution in [2.24, 2.45) is 0 Å². The first-order valence-electron chi connectivity index (χ1n) is 6.25. The fourth-order valence-corrected chi connectivity index (χ4v) is 1.73. The third kappa shape index (κ3) is 4.90. The number of rotatable bonds is 7. The van der Waals surface area contributed by atoms with Gasteiger partial charge in [0.15, 0.2) is 0 Å². The Kier molecular flexibility index (Phi) is 6.57. The molecule has 0 bridgehead atoms.